The number of benzene rings is 2. The second-order valence-electron chi connectivity index (χ2n) is 7.67. The predicted octanol–water partition coefficient (Wildman–Crippen LogP) is 7.02. The van der Waals surface area contributed by atoms with E-state index in [1.165, 1.54) is 11.1 Å². The Kier molecular flexibility index (Phi) is 3.95. The largest absolute Gasteiger partial charge is 0.496 e. The highest BCUT2D eigenvalue weighted by Gasteiger charge is 2.40. The number of halogens is 1. The van der Waals surface area contributed by atoms with E-state index in [9.17, 15) is 0 Å². The zero-order valence-electron chi connectivity index (χ0n) is 16.1. The van der Waals surface area contributed by atoms with Gasteiger partial charge in [0.25, 0.3) is 0 Å². The van der Waals surface area contributed by atoms with Crippen LogP contribution in [0, 0.1) is 6.92 Å². The number of hydrogen-bond acceptors (Lipinski definition) is 3. The van der Waals surface area contributed by atoms with Crippen LogP contribution in [0.25, 0.3) is 22.3 Å². The zero-order valence-corrected chi connectivity index (χ0v) is 17.7. The average Bonchev–Trinajstić information content (AvgIpc) is 3.23. The van der Waals surface area contributed by atoms with Gasteiger partial charge < -0.3 is 13.6 Å². The van der Waals surface area contributed by atoms with E-state index in [2.05, 4.69) is 47.1 Å². The van der Waals surface area contributed by atoms with Crippen molar-refractivity contribution in [2.24, 2.45) is 0 Å². The minimum Gasteiger partial charge on any atom is -0.496 e. The third-order valence-electron chi connectivity index (χ3n) is 5.95. The fourth-order valence-electron chi connectivity index (χ4n) is 4.53. The summed E-state index contributed by atoms with van der Waals surface area (Å²) in [5, 5.41) is 1.09. The van der Waals surface area contributed by atoms with Crippen LogP contribution in [0.2, 0.25) is 0 Å². The Bertz CT molecular complexity index is 1200. The third kappa shape index (κ3) is 2.47. The fourth-order valence-corrected chi connectivity index (χ4v) is 4.89. The van der Waals surface area contributed by atoms with Crippen LogP contribution in [0.3, 0.4) is 0 Å². The molecular weight excluding hydrogens is 416 g/mol. The smallest absolute Gasteiger partial charge is 0.142 e. The molecular formula is C24H21BrO3. The van der Waals surface area contributed by atoms with Crippen LogP contribution in [-0.2, 0) is 11.8 Å². The molecule has 142 valence electrons. The molecule has 0 radical (unpaired) electrons. The van der Waals surface area contributed by atoms with Crippen molar-refractivity contribution in [1.82, 2.24) is 0 Å². The lowest BCUT2D eigenvalue weighted by Crippen LogP contribution is -2.24. The summed E-state index contributed by atoms with van der Waals surface area (Å²) < 4.78 is 19.3. The molecule has 0 bridgehead atoms. The lowest BCUT2D eigenvalue weighted by atomic mass is 9.73. The van der Waals surface area contributed by atoms with Gasteiger partial charge in [-0.1, -0.05) is 41.1 Å². The van der Waals surface area contributed by atoms with Crippen molar-refractivity contribution < 1.29 is 13.6 Å². The van der Waals surface area contributed by atoms with Crippen molar-refractivity contribution in [2.75, 3.05) is 7.11 Å². The zero-order chi connectivity index (χ0) is 19.5. The molecule has 5 rings (SSSR count). The number of para-hydroxylation sites is 1. The summed E-state index contributed by atoms with van der Waals surface area (Å²) in [6.45, 7) is 4.29. The molecule has 0 spiro atoms. The van der Waals surface area contributed by atoms with E-state index in [0.29, 0.717) is 0 Å². The standard InChI is InChI=1S/C24H21BrO3/c1-14-12-18-23(27-14)22-16-13-15(25)8-9-19(16)28-21(22)10-11-24(18,2)17-6-4-5-7-20(17)26-3/h4-9,12-13H,10-11H2,1-3H3. The maximum atomic E-state index is 6.29. The minimum absolute atomic E-state index is 0.237. The van der Waals surface area contributed by atoms with Crippen LogP contribution >= 0.6 is 15.9 Å². The van der Waals surface area contributed by atoms with Gasteiger partial charge in [0, 0.05) is 32.8 Å². The van der Waals surface area contributed by atoms with Crippen molar-refractivity contribution in [1.29, 1.82) is 0 Å². The number of methoxy groups -OCH3 is 1. The van der Waals surface area contributed by atoms with Crippen LogP contribution in [-0.4, -0.2) is 7.11 Å². The Morgan fingerprint density at radius 2 is 1.86 bits per heavy atom. The van der Waals surface area contributed by atoms with Gasteiger partial charge in [-0.2, -0.15) is 0 Å². The summed E-state index contributed by atoms with van der Waals surface area (Å²) in [6, 6.07) is 16.6. The van der Waals surface area contributed by atoms with E-state index in [-0.39, 0.29) is 5.41 Å². The van der Waals surface area contributed by atoms with Crippen molar-refractivity contribution >= 4 is 26.9 Å². The summed E-state index contributed by atoms with van der Waals surface area (Å²) in [4.78, 5) is 0. The Hall–Kier alpha value is -2.46. The maximum Gasteiger partial charge on any atom is 0.142 e. The molecule has 2 aromatic heterocycles. The summed E-state index contributed by atoms with van der Waals surface area (Å²) in [5.41, 5.74) is 4.11. The fraction of sp³-hybridized carbons (Fsp3) is 0.250. The van der Waals surface area contributed by atoms with E-state index in [1.54, 1.807) is 7.11 Å². The van der Waals surface area contributed by atoms with Crippen molar-refractivity contribution in [3.63, 3.8) is 0 Å². The molecule has 2 aromatic carbocycles. The van der Waals surface area contributed by atoms with E-state index >= 15 is 0 Å². The Morgan fingerprint density at radius 1 is 1.04 bits per heavy atom. The van der Waals surface area contributed by atoms with Crippen LogP contribution in [0.5, 0.6) is 5.75 Å². The molecule has 4 heteroatoms. The Labute approximate surface area is 172 Å². The first-order chi connectivity index (χ1) is 13.5. The number of fused-ring (bicyclic) bond motifs is 5. The van der Waals surface area contributed by atoms with Gasteiger partial charge in [-0.3, -0.25) is 0 Å². The van der Waals surface area contributed by atoms with Gasteiger partial charge >= 0.3 is 0 Å². The van der Waals surface area contributed by atoms with Gasteiger partial charge in [-0.25, -0.2) is 0 Å². The third-order valence-corrected chi connectivity index (χ3v) is 6.45. The normalized spacial score (nSPS) is 18.6. The predicted molar refractivity (Wildman–Crippen MR) is 114 cm³/mol. The monoisotopic (exact) mass is 436 g/mol. The van der Waals surface area contributed by atoms with Gasteiger partial charge in [0.1, 0.15) is 28.6 Å². The number of ether oxygens (including phenoxy) is 1. The first-order valence-electron chi connectivity index (χ1n) is 9.47. The molecule has 1 aliphatic rings. The highest BCUT2D eigenvalue weighted by atomic mass is 79.9. The number of furan rings is 2. The van der Waals surface area contributed by atoms with Crippen molar-refractivity contribution in [3.05, 3.63) is 75.7 Å². The van der Waals surface area contributed by atoms with Gasteiger partial charge in [-0.05, 0) is 43.7 Å². The number of rotatable bonds is 2. The van der Waals surface area contributed by atoms with Gasteiger partial charge in [0.2, 0.25) is 0 Å². The second kappa shape index (κ2) is 6.28. The summed E-state index contributed by atoms with van der Waals surface area (Å²) in [6.07, 6.45) is 1.74. The quantitative estimate of drug-likeness (QED) is 0.338. The Balaban J connectivity index is 1.82. The Morgan fingerprint density at radius 3 is 2.68 bits per heavy atom. The topological polar surface area (TPSA) is 35.5 Å². The highest BCUT2D eigenvalue weighted by Crippen LogP contribution is 2.51. The molecule has 0 N–H and O–H groups in total. The van der Waals surface area contributed by atoms with Gasteiger partial charge in [-0.15, -0.1) is 0 Å². The molecule has 0 saturated carbocycles. The lowest BCUT2D eigenvalue weighted by Gasteiger charge is -2.30. The molecule has 28 heavy (non-hydrogen) atoms. The lowest BCUT2D eigenvalue weighted by molar-refractivity contribution is 0.390. The van der Waals surface area contributed by atoms with Crippen molar-refractivity contribution in [2.45, 2.75) is 32.1 Å². The molecule has 0 aliphatic heterocycles. The first-order valence-corrected chi connectivity index (χ1v) is 10.3. The average molecular weight is 437 g/mol. The van der Waals surface area contributed by atoms with Crippen molar-refractivity contribution in [3.8, 4) is 17.1 Å². The highest BCUT2D eigenvalue weighted by molar-refractivity contribution is 9.10. The summed E-state index contributed by atoms with van der Waals surface area (Å²) in [7, 11) is 1.73. The SMILES string of the molecule is COc1ccccc1C1(C)CCc2oc3ccc(Br)cc3c2-c2oc(C)cc21. The molecule has 1 aliphatic carbocycles. The van der Waals surface area contributed by atoms with Gasteiger partial charge in [0.05, 0.1) is 12.7 Å². The second-order valence-corrected chi connectivity index (χ2v) is 8.59. The van der Waals surface area contributed by atoms with Gasteiger partial charge in [0.15, 0.2) is 0 Å². The van der Waals surface area contributed by atoms with E-state index in [0.717, 1.165) is 56.9 Å². The maximum absolute atomic E-state index is 6.29. The molecule has 1 atom stereocenters. The van der Waals surface area contributed by atoms with Crippen LogP contribution in [0.4, 0.5) is 0 Å². The van der Waals surface area contributed by atoms with Crippen LogP contribution in [0.15, 0.2) is 61.8 Å². The molecule has 1 unspecified atom stereocenters. The molecule has 0 fully saturated rings. The summed E-state index contributed by atoms with van der Waals surface area (Å²) in [5.74, 6) is 3.71. The molecule has 0 saturated heterocycles. The minimum atomic E-state index is -0.237. The molecule has 4 aromatic rings. The summed E-state index contributed by atoms with van der Waals surface area (Å²) >= 11 is 3.60. The first kappa shape index (κ1) is 17.6. The van der Waals surface area contributed by atoms with E-state index in [4.69, 9.17) is 13.6 Å². The van der Waals surface area contributed by atoms with Crippen LogP contribution in [0.1, 0.15) is 36.0 Å². The number of aryl methyl sites for hydroxylation is 2. The van der Waals surface area contributed by atoms with E-state index < -0.39 is 0 Å². The molecule has 2 heterocycles. The number of hydrogen-bond donors (Lipinski definition) is 0. The van der Waals surface area contributed by atoms with E-state index in [1.807, 2.05) is 31.2 Å². The molecule has 0 amide bonds. The van der Waals surface area contributed by atoms with Crippen LogP contribution < -0.4 is 4.74 Å². The molecule has 3 nitrogen and oxygen atoms in total.